The zero-order chi connectivity index (χ0) is 13.2. The molecule has 0 aliphatic carbocycles. The second-order valence-electron chi connectivity index (χ2n) is 4.24. The van der Waals surface area contributed by atoms with Crippen molar-refractivity contribution in [1.82, 2.24) is 4.90 Å². The molecule has 0 spiro atoms. The molecule has 1 aromatic carbocycles. The van der Waals surface area contributed by atoms with Crippen molar-refractivity contribution < 1.29 is 9.47 Å². The van der Waals surface area contributed by atoms with Crippen LogP contribution in [-0.4, -0.2) is 45.4 Å². The van der Waals surface area contributed by atoms with E-state index in [9.17, 15) is 0 Å². The van der Waals surface area contributed by atoms with Crippen molar-refractivity contribution in [1.29, 1.82) is 0 Å². The van der Waals surface area contributed by atoms with Gasteiger partial charge in [0.05, 0.1) is 6.61 Å². The molecule has 0 aromatic heterocycles. The van der Waals surface area contributed by atoms with Gasteiger partial charge in [-0.05, 0) is 24.1 Å². The van der Waals surface area contributed by atoms with Crippen LogP contribution < -0.4 is 0 Å². The van der Waals surface area contributed by atoms with Gasteiger partial charge in [-0.15, -0.1) is 0 Å². The monoisotopic (exact) mass is 315 g/mol. The third-order valence-corrected chi connectivity index (χ3v) is 3.28. The van der Waals surface area contributed by atoms with Gasteiger partial charge in [-0.25, -0.2) is 0 Å². The largest absolute Gasteiger partial charge is 0.385 e. The Morgan fingerprint density at radius 1 is 1.00 bits per heavy atom. The topological polar surface area (TPSA) is 21.7 Å². The molecule has 0 heterocycles. The zero-order valence-corrected chi connectivity index (χ0v) is 12.8. The standard InChI is InChI=1S/C14H22BrNO2/c1-17-10-3-8-16(9-11-18-2)12-13-4-6-14(15)7-5-13/h4-7H,3,8-12H2,1-2H3. The lowest BCUT2D eigenvalue weighted by atomic mass is 10.2. The lowest BCUT2D eigenvalue weighted by Crippen LogP contribution is -2.28. The van der Waals surface area contributed by atoms with Crippen molar-refractivity contribution in [3.63, 3.8) is 0 Å². The molecule has 0 aliphatic heterocycles. The van der Waals surface area contributed by atoms with Crippen LogP contribution in [0.5, 0.6) is 0 Å². The van der Waals surface area contributed by atoms with Crippen LogP contribution >= 0.6 is 15.9 Å². The van der Waals surface area contributed by atoms with Crippen LogP contribution in [0.25, 0.3) is 0 Å². The van der Waals surface area contributed by atoms with E-state index in [1.54, 1.807) is 14.2 Å². The summed E-state index contributed by atoms with van der Waals surface area (Å²) in [5.74, 6) is 0. The summed E-state index contributed by atoms with van der Waals surface area (Å²) >= 11 is 3.45. The van der Waals surface area contributed by atoms with Crippen LogP contribution in [0.4, 0.5) is 0 Å². The van der Waals surface area contributed by atoms with E-state index in [1.165, 1.54) is 5.56 Å². The second-order valence-corrected chi connectivity index (χ2v) is 5.16. The van der Waals surface area contributed by atoms with Crippen LogP contribution in [0.3, 0.4) is 0 Å². The number of hydrogen-bond acceptors (Lipinski definition) is 3. The molecule has 0 saturated carbocycles. The van der Waals surface area contributed by atoms with E-state index in [4.69, 9.17) is 9.47 Å². The highest BCUT2D eigenvalue weighted by Crippen LogP contribution is 2.12. The summed E-state index contributed by atoms with van der Waals surface area (Å²) in [6.07, 6.45) is 1.05. The molecule has 1 rings (SSSR count). The van der Waals surface area contributed by atoms with Gasteiger partial charge in [-0.2, -0.15) is 0 Å². The average Bonchev–Trinajstić information content (AvgIpc) is 2.38. The van der Waals surface area contributed by atoms with Crippen molar-refractivity contribution >= 4 is 15.9 Å². The van der Waals surface area contributed by atoms with E-state index in [1.807, 2.05) is 0 Å². The minimum Gasteiger partial charge on any atom is -0.385 e. The van der Waals surface area contributed by atoms with Crippen LogP contribution in [0.2, 0.25) is 0 Å². The fraction of sp³-hybridized carbons (Fsp3) is 0.571. The molecule has 0 atom stereocenters. The van der Waals surface area contributed by atoms with Gasteiger partial charge >= 0.3 is 0 Å². The third kappa shape index (κ3) is 6.50. The van der Waals surface area contributed by atoms with Crippen molar-refractivity contribution in [2.75, 3.05) is 40.5 Å². The maximum atomic E-state index is 5.16. The number of ether oxygens (including phenoxy) is 2. The highest BCUT2D eigenvalue weighted by molar-refractivity contribution is 9.10. The molecule has 18 heavy (non-hydrogen) atoms. The first kappa shape index (κ1) is 15.6. The summed E-state index contributed by atoms with van der Waals surface area (Å²) in [5, 5.41) is 0. The normalized spacial score (nSPS) is 11.1. The number of nitrogens with zero attached hydrogens (tertiary/aromatic N) is 1. The van der Waals surface area contributed by atoms with Gasteiger partial charge in [-0.3, -0.25) is 4.90 Å². The first-order valence-corrected chi connectivity index (χ1v) is 7.00. The van der Waals surface area contributed by atoms with Crippen LogP contribution in [0, 0.1) is 0 Å². The Bertz CT molecular complexity index is 316. The smallest absolute Gasteiger partial charge is 0.0589 e. The van der Waals surface area contributed by atoms with E-state index in [2.05, 4.69) is 45.1 Å². The van der Waals surface area contributed by atoms with Crippen molar-refractivity contribution in [3.05, 3.63) is 34.3 Å². The lowest BCUT2D eigenvalue weighted by Gasteiger charge is -2.22. The molecule has 3 nitrogen and oxygen atoms in total. The molecule has 0 aliphatic rings. The molecule has 0 fully saturated rings. The van der Waals surface area contributed by atoms with Crippen molar-refractivity contribution in [3.8, 4) is 0 Å². The quantitative estimate of drug-likeness (QED) is 0.654. The molecule has 4 heteroatoms. The predicted octanol–water partition coefficient (Wildman–Crippen LogP) is 2.93. The second kappa shape index (κ2) is 9.50. The van der Waals surface area contributed by atoms with E-state index in [-0.39, 0.29) is 0 Å². The molecule has 0 saturated heterocycles. The molecule has 0 radical (unpaired) electrons. The summed E-state index contributed by atoms with van der Waals surface area (Å²) < 4.78 is 11.4. The third-order valence-electron chi connectivity index (χ3n) is 2.75. The Balaban J connectivity index is 2.45. The van der Waals surface area contributed by atoms with Crippen molar-refractivity contribution in [2.45, 2.75) is 13.0 Å². The molecule has 0 bridgehead atoms. The van der Waals surface area contributed by atoms with Crippen molar-refractivity contribution in [2.24, 2.45) is 0 Å². The molecule has 0 N–H and O–H groups in total. The van der Waals surface area contributed by atoms with Gasteiger partial charge < -0.3 is 9.47 Å². The molecule has 102 valence electrons. The summed E-state index contributed by atoms with van der Waals surface area (Å²) in [6, 6.07) is 8.47. The molecule has 0 unspecified atom stereocenters. The Hall–Kier alpha value is -0.420. The van der Waals surface area contributed by atoms with Gasteiger partial charge in [0.1, 0.15) is 0 Å². The minimum atomic E-state index is 0.767. The van der Waals surface area contributed by atoms with Crippen LogP contribution in [0.1, 0.15) is 12.0 Å². The average molecular weight is 316 g/mol. The Morgan fingerprint density at radius 3 is 2.28 bits per heavy atom. The number of halogens is 1. The Kier molecular flexibility index (Phi) is 8.25. The molecule has 0 amide bonds. The summed E-state index contributed by atoms with van der Waals surface area (Å²) in [4.78, 5) is 2.39. The summed E-state index contributed by atoms with van der Waals surface area (Å²) in [5.41, 5.74) is 1.33. The predicted molar refractivity (Wildman–Crippen MR) is 77.8 cm³/mol. The Labute approximate surface area is 118 Å². The van der Waals surface area contributed by atoms with Gasteiger partial charge in [0.15, 0.2) is 0 Å². The number of rotatable bonds is 9. The van der Waals surface area contributed by atoms with Gasteiger partial charge in [-0.1, -0.05) is 28.1 Å². The lowest BCUT2D eigenvalue weighted by molar-refractivity contribution is 0.129. The maximum Gasteiger partial charge on any atom is 0.0589 e. The highest BCUT2D eigenvalue weighted by atomic mass is 79.9. The fourth-order valence-electron chi connectivity index (χ4n) is 1.77. The fourth-order valence-corrected chi connectivity index (χ4v) is 2.04. The van der Waals surface area contributed by atoms with E-state index >= 15 is 0 Å². The SMILES string of the molecule is COCCCN(CCOC)Cc1ccc(Br)cc1. The Morgan fingerprint density at radius 2 is 1.67 bits per heavy atom. The van der Waals surface area contributed by atoms with Gasteiger partial charge in [0, 0.05) is 44.9 Å². The maximum absolute atomic E-state index is 5.16. The van der Waals surface area contributed by atoms with Gasteiger partial charge in [0.25, 0.3) is 0 Å². The molecular formula is C14H22BrNO2. The number of hydrogen-bond donors (Lipinski definition) is 0. The molecule has 1 aromatic rings. The first-order valence-electron chi connectivity index (χ1n) is 6.21. The highest BCUT2D eigenvalue weighted by Gasteiger charge is 2.05. The summed E-state index contributed by atoms with van der Waals surface area (Å²) in [6.45, 7) is 4.53. The number of methoxy groups -OCH3 is 2. The molecular weight excluding hydrogens is 294 g/mol. The number of benzene rings is 1. The minimum absolute atomic E-state index is 0.767. The van der Waals surface area contributed by atoms with E-state index in [0.29, 0.717) is 0 Å². The first-order chi connectivity index (χ1) is 8.76. The van der Waals surface area contributed by atoms with E-state index < -0.39 is 0 Å². The van der Waals surface area contributed by atoms with E-state index in [0.717, 1.165) is 43.7 Å². The zero-order valence-electron chi connectivity index (χ0n) is 11.2. The van der Waals surface area contributed by atoms with Crippen LogP contribution in [0.15, 0.2) is 28.7 Å². The van der Waals surface area contributed by atoms with Crippen LogP contribution in [-0.2, 0) is 16.0 Å². The summed E-state index contributed by atoms with van der Waals surface area (Å²) in [7, 11) is 3.49. The van der Waals surface area contributed by atoms with Gasteiger partial charge in [0.2, 0.25) is 0 Å².